The number of hydrogen-bond acceptors (Lipinski definition) is 4. The number of nitrogens with one attached hydrogen (secondary N) is 4. The number of rotatable bonds is 6. The Balaban J connectivity index is 1.62. The molecule has 0 spiro atoms. The van der Waals surface area contributed by atoms with E-state index >= 15 is 0 Å². The molecule has 2 heterocycles. The monoisotopic (exact) mass is 357 g/mol. The van der Waals surface area contributed by atoms with Crippen molar-refractivity contribution in [1.82, 2.24) is 15.6 Å². The van der Waals surface area contributed by atoms with Gasteiger partial charge in [-0.15, -0.1) is 0 Å². The van der Waals surface area contributed by atoms with Crippen molar-refractivity contribution in [3.63, 3.8) is 0 Å². The van der Waals surface area contributed by atoms with Crippen LogP contribution in [0.25, 0.3) is 10.9 Å². The molecule has 0 bridgehead atoms. The number of H-pyrrole nitrogens is 1. The number of carboxylic acids is 1. The Morgan fingerprint density at radius 3 is 2.81 bits per heavy atom. The molecule has 136 valence electrons. The fourth-order valence-electron chi connectivity index (χ4n) is 3.08. The minimum absolute atomic E-state index is 0.0491. The summed E-state index contributed by atoms with van der Waals surface area (Å²) in [5.74, 6) is -2.26. The van der Waals surface area contributed by atoms with Crippen LogP contribution in [0.15, 0.2) is 24.3 Å². The second-order valence-electron chi connectivity index (χ2n) is 6.34. The van der Waals surface area contributed by atoms with Gasteiger partial charge in [0.05, 0.1) is 12.3 Å². The fraction of sp³-hybridized carbons (Fsp3) is 0.294. The molecule has 7 N–H and O–H groups in total. The minimum atomic E-state index is -1.02. The maximum absolute atomic E-state index is 12.3. The van der Waals surface area contributed by atoms with E-state index in [4.69, 9.17) is 16.2 Å². The molecule has 26 heavy (non-hydrogen) atoms. The van der Waals surface area contributed by atoms with Crippen molar-refractivity contribution in [3.05, 3.63) is 35.5 Å². The van der Waals surface area contributed by atoms with Gasteiger partial charge in [0.25, 0.3) is 5.91 Å². The SMILES string of the molecule is N=C(N)c1ccc2[nH]c(C(=O)NCC3CC(CC(=O)O)C(=O)N3)cc2c1. The number of hydrogen-bond donors (Lipinski definition) is 6. The quantitative estimate of drug-likeness (QED) is 0.320. The van der Waals surface area contributed by atoms with Crippen molar-refractivity contribution in [2.45, 2.75) is 18.9 Å². The van der Waals surface area contributed by atoms with E-state index in [-0.39, 0.29) is 36.7 Å². The predicted octanol–water partition coefficient (Wildman–Crippen LogP) is 0.161. The van der Waals surface area contributed by atoms with Gasteiger partial charge < -0.3 is 26.5 Å². The van der Waals surface area contributed by atoms with Gasteiger partial charge in [-0.3, -0.25) is 19.8 Å². The first-order valence-electron chi connectivity index (χ1n) is 8.11. The minimum Gasteiger partial charge on any atom is -0.481 e. The van der Waals surface area contributed by atoms with Gasteiger partial charge in [-0.2, -0.15) is 0 Å². The third-order valence-electron chi connectivity index (χ3n) is 4.39. The number of benzene rings is 1. The van der Waals surface area contributed by atoms with E-state index in [1.54, 1.807) is 24.3 Å². The molecular formula is C17H19N5O4. The Bertz CT molecular complexity index is 904. The van der Waals surface area contributed by atoms with Crippen LogP contribution in [0.3, 0.4) is 0 Å². The summed E-state index contributed by atoms with van der Waals surface area (Å²) in [5, 5.41) is 22.4. The molecule has 3 rings (SSSR count). The highest BCUT2D eigenvalue weighted by Crippen LogP contribution is 2.19. The Hall–Kier alpha value is -3.36. The topological polar surface area (TPSA) is 161 Å². The zero-order valence-electron chi connectivity index (χ0n) is 13.8. The zero-order valence-corrected chi connectivity index (χ0v) is 13.8. The first kappa shape index (κ1) is 17.5. The molecule has 1 saturated heterocycles. The van der Waals surface area contributed by atoms with E-state index in [0.29, 0.717) is 17.7 Å². The van der Waals surface area contributed by atoms with E-state index in [1.807, 2.05) is 0 Å². The maximum atomic E-state index is 12.3. The van der Waals surface area contributed by atoms with Crippen molar-refractivity contribution in [2.24, 2.45) is 11.7 Å². The summed E-state index contributed by atoms with van der Waals surface area (Å²) in [5.41, 5.74) is 7.13. The molecule has 1 aromatic carbocycles. The van der Waals surface area contributed by atoms with Crippen LogP contribution in [0.5, 0.6) is 0 Å². The highest BCUT2D eigenvalue weighted by atomic mass is 16.4. The molecule has 0 aliphatic carbocycles. The van der Waals surface area contributed by atoms with Gasteiger partial charge in [0.1, 0.15) is 11.5 Å². The molecule has 9 nitrogen and oxygen atoms in total. The highest BCUT2D eigenvalue weighted by molar-refractivity contribution is 6.02. The van der Waals surface area contributed by atoms with Crippen molar-refractivity contribution >= 4 is 34.5 Å². The second-order valence-corrected chi connectivity index (χ2v) is 6.34. The first-order chi connectivity index (χ1) is 12.3. The second kappa shape index (κ2) is 6.87. The Morgan fingerprint density at radius 1 is 1.35 bits per heavy atom. The molecular weight excluding hydrogens is 338 g/mol. The summed E-state index contributed by atoms with van der Waals surface area (Å²) in [6, 6.07) is 6.54. The first-order valence-corrected chi connectivity index (χ1v) is 8.11. The number of aliphatic carboxylic acids is 1. The number of carboxylic acid groups (broad SMARTS) is 1. The summed E-state index contributed by atoms with van der Waals surface area (Å²) in [6.45, 7) is 0.217. The van der Waals surface area contributed by atoms with Crippen LogP contribution in [-0.2, 0) is 9.59 Å². The van der Waals surface area contributed by atoms with Gasteiger partial charge in [-0.25, -0.2) is 0 Å². The molecule has 9 heteroatoms. The molecule has 1 fully saturated rings. The van der Waals surface area contributed by atoms with Crippen molar-refractivity contribution in [1.29, 1.82) is 5.41 Å². The molecule has 1 aromatic heterocycles. The molecule has 0 radical (unpaired) electrons. The van der Waals surface area contributed by atoms with E-state index in [0.717, 1.165) is 10.9 Å². The average molecular weight is 357 g/mol. The van der Waals surface area contributed by atoms with E-state index in [1.165, 1.54) is 0 Å². The summed E-state index contributed by atoms with van der Waals surface area (Å²) < 4.78 is 0. The lowest BCUT2D eigenvalue weighted by Gasteiger charge is -2.10. The number of carbonyl (C=O) groups is 3. The van der Waals surface area contributed by atoms with Crippen LogP contribution >= 0.6 is 0 Å². The Morgan fingerprint density at radius 2 is 2.12 bits per heavy atom. The summed E-state index contributed by atoms with van der Waals surface area (Å²) in [4.78, 5) is 37.8. The van der Waals surface area contributed by atoms with Gasteiger partial charge >= 0.3 is 5.97 Å². The lowest BCUT2D eigenvalue weighted by molar-refractivity contribution is -0.140. The standard InChI is InChI=1S/C17H19N5O4/c18-15(19)8-1-2-12-9(3-8)5-13(22-12)17(26)20-7-11-4-10(6-14(23)24)16(25)21-11/h1-3,5,10-11,22H,4,6-7H2,(H3,18,19)(H,20,26)(H,21,25)(H,23,24). The largest absolute Gasteiger partial charge is 0.481 e. The number of aromatic amines is 1. The number of nitrogens with two attached hydrogens (primary N) is 1. The highest BCUT2D eigenvalue weighted by Gasteiger charge is 2.33. The summed E-state index contributed by atoms with van der Waals surface area (Å²) in [6.07, 6.45) is 0.164. The summed E-state index contributed by atoms with van der Waals surface area (Å²) >= 11 is 0. The van der Waals surface area contributed by atoms with Crippen LogP contribution in [0.4, 0.5) is 0 Å². The van der Waals surface area contributed by atoms with Crippen LogP contribution in [0.1, 0.15) is 28.9 Å². The van der Waals surface area contributed by atoms with Crippen LogP contribution in [0, 0.1) is 11.3 Å². The number of aromatic nitrogens is 1. The lowest BCUT2D eigenvalue weighted by Crippen LogP contribution is -2.38. The summed E-state index contributed by atoms with van der Waals surface area (Å²) in [7, 11) is 0. The molecule has 1 aliphatic heterocycles. The zero-order chi connectivity index (χ0) is 18.8. The Labute approximate surface area is 148 Å². The molecule has 2 aromatic rings. The van der Waals surface area contributed by atoms with Crippen molar-refractivity contribution < 1.29 is 19.5 Å². The van der Waals surface area contributed by atoms with Crippen LogP contribution in [-0.4, -0.2) is 46.3 Å². The molecule has 1 aliphatic rings. The average Bonchev–Trinajstić information content (AvgIpc) is 3.15. The maximum Gasteiger partial charge on any atom is 0.304 e. The third-order valence-corrected chi connectivity index (χ3v) is 4.39. The number of fused-ring (bicyclic) bond motifs is 1. The fourth-order valence-corrected chi connectivity index (χ4v) is 3.08. The number of amides is 2. The number of nitrogen functional groups attached to an aromatic ring is 1. The number of amidine groups is 1. The van der Waals surface area contributed by atoms with E-state index in [9.17, 15) is 14.4 Å². The van der Waals surface area contributed by atoms with Gasteiger partial charge in [0.2, 0.25) is 5.91 Å². The van der Waals surface area contributed by atoms with Crippen molar-refractivity contribution in [3.8, 4) is 0 Å². The molecule has 0 saturated carbocycles. The lowest BCUT2D eigenvalue weighted by atomic mass is 10.0. The van der Waals surface area contributed by atoms with Crippen LogP contribution in [0.2, 0.25) is 0 Å². The number of carbonyl (C=O) groups excluding carboxylic acids is 2. The van der Waals surface area contributed by atoms with Gasteiger partial charge in [0, 0.05) is 29.1 Å². The Kier molecular flexibility index (Phi) is 4.61. The molecule has 2 atom stereocenters. The van der Waals surface area contributed by atoms with Gasteiger partial charge in [-0.05, 0) is 30.7 Å². The van der Waals surface area contributed by atoms with E-state index in [2.05, 4.69) is 15.6 Å². The third kappa shape index (κ3) is 3.66. The predicted molar refractivity (Wildman–Crippen MR) is 93.9 cm³/mol. The van der Waals surface area contributed by atoms with Gasteiger partial charge in [-0.1, -0.05) is 0 Å². The molecule has 2 unspecified atom stereocenters. The van der Waals surface area contributed by atoms with Crippen LogP contribution < -0.4 is 16.4 Å². The van der Waals surface area contributed by atoms with Crippen molar-refractivity contribution in [2.75, 3.05) is 6.54 Å². The van der Waals surface area contributed by atoms with E-state index < -0.39 is 11.9 Å². The van der Waals surface area contributed by atoms with Gasteiger partial charge in [0.15, 0.2) is 0 Å². The molecule has 2 amide bonds. The smallest absolute Gasteiger partial charge is 0.304 e. The normalized spacial score (nSPS) is 19.3.